The standard InChI is InChI=1S/C37H38Cl2N8O11S/c1-21(48)41-29-17-23(46(11-13-57-19-31(49)50)12-14-58-20-32(51)52)9-10-28(29)43-44-35-25(18-40)34(37(2,3)4)45-47(35)33-26(38)15-22(16-27(33)39)42-36(53)24-7-5-6-8-30(24)59(54,55)56/h5-10,15-17H,11-14,19-20H2,1-4H3,(H,41,48)(H,42,53)(H,49,50)(H,51,52)(H,54,55,56). The van der Waals surface area contributed by atoms with Crippen molar-refractivity contribution in [1.29, 1.82) is 5.26 Å². The van der Waals surface area contributed by atoms with Crippen LogP contribution in [-0.2, 0) is 39.4 Å². The number of ether oxygens (including phenoxy) is 2. The molecule has 0 aliphatic rings. The van der Waals surface area contributed by atoms with E-state index in [0.29, 0.717) is 11.4 Å². The van der Waals surface area contributed by atoms with E-state index in [-0.39, 0.29) is 76.0 Å². The molecule has 1 heterocycles. The fraction of sp³-hybridized carbons (Fsp3) is 0.297. The van der Waals surface area contributed by atoms with Crippen molar-refractivity contribution in [1.82, 2.24) is 9.78 Å². The SMILES string of the molecule is CC(=O)Nc1cc(N(CCOCC(=O)O)CCOCC(=O)O)ccc1N=Nc1c(C#N)c(C(C)(C)C)nn1-c1c(Cl)cc(NC(=O)c2ccccc2S(=O)(=O)O)cc1Cl. The number of rotatable bonds is 18. The van der Waals surface area contributed by atoms with E-state index >= 15 is 0 Å². The minimum absolute atomic E-state index is 0.0131. The van der Waals surface area contributed by atoms with Gasteiger partial charge in [-0.2, -0.15) is 18.8 Å². The lowest BCUT2D eigenvalue weighted by Crippen LogP contribution is -2.32. The number of anilines is 3. The predicted octanol–water partition coefficient (Wildman–Crippen LogP) is 6.23. The number of amides is 2. The fourth-order valence-electron chi connectivity index (χ4n) is 5.44. The maximum atomic E-state index is 13.1. The number of benzene rings is 3. The summed E-state index contributed by atoms with van der Waals surface area (Å²) in [5, 5.41) is 46.7. The van der Waals surface area contributed by atoms with E-state index in [9.17, 15) is 37.4 Å². The number of carboxylic acid groups (broad SMARTS) is 2. The molecule has 2 amide bonds. The van der Waals surface area contributed by atoms with Gasteiger partial charge in [0, 0.05) is 36.8 Å². The number of azo groups is 1. The molecular formula is C37H38Cl2N8O11S. The van der Waals surface area contributed by atoms with E-state index in [4.69, 9.17) is 42.9 Å². The zero-order valence-corrected chi connectivity index (χ0v) is 34.2. The van der Waals surface area contributed by atoms with E-state index in [1.165, 1.54) is 48.0 Å². The van der Waals surface area contributed by atoms with Gasteiger partial charge in [-0.15, -0.1) is 10.2 Å². The van der Waals surface area contributed by atoms with Crippen LogP contribution < -0.4 is 15.5 Å². The Hall–Kier alpha value is -5.95. The van der Waals surface area contributed by atoms with Gasteiger partial charge in [0.05, 0.1) is 40.2 Å². The summed E-state index contributed by atoms with van der Waals surface area (Å²) in [7, 11) is -4.74. The number of hydrogen-bond donors (Lipinski definition) is 5. The molecule has 59 heavy (non-hydrogen) atoms. The van der Waals surface area contributed by atoms with Crippen LogP contribution in [-0.4, -0.2) is 96.2 Å². The van der Waals surface area contributed by atoms with Crippen LogP contribution >= 0.6 is 23.2 Å². The minimum atomic E-state index is -4.74. The van der Waals surface area contributed by atoms with Gasteiger partial charge in [0.15, 0.2) is 5.82 Å². The van der Waals surface area contributed by atoms with Crippen LogP contribution in [0.15, 0.2) is 69.7 Å². The Labute approximate surface area is 347 Å². The number of nitrogens with one attached hydrogen (secondary N) is 2. The zero-order valence-electron chi connectivity index (χ0n) is 31.9. The van der Waals surface area contributed by atoms with Crippen molar-refractivity contribution in [2.24, 2.45) is 10.2 Å². The molecule has 4 rings (SSSR count). The lowest BCUT2D eigenvalue weighted by molar-refractivity contribution is -0.142. The van der Waals surface area contributed by atoms with Crippen LogP contribution in [0.1, 0.15) is 49.3 Å². The number of carbonyl (C=O) groups is 4. The molecule has 4 aromatic rings. The smallest absolute Gasteiger partial charge is 0.329 e. The van der Waals surface area contributed by atoms with E-state index in [1.807, 2.05) is 20.8 Å². The largest absolute Gasteiger partial charge is 0.480 e. The fourth-order valence-corrected chi connectivity index (χ4v) is 6.78. The molecule has 0 radical (unpaired) electrons. The van der Waals surface area contributed by atoms with Crippen LogP contribution in [0.5, 0.6) is 0 Å². The number of nitrogens with zero attached hydrogens (tertiary/aromatic N) is 6. The van der Waals surface area contributed by atoms with Crippen LogP contribution in [0.2, 0.25) is 10.0 Å². The van der Waals surface area contributed by atoms with Crippen molar-refractivity contribution in [2.75, 3.05) is 55.1 Å². The summed E-state index contributed by atoms with van der Waals surface area (Å²) in [6.45, 7) is 5.92. The first-order valence-electron chi connectivity index (χ1n) is 17.3. The Kier molecular flexibility index (Phi) is 15.2. The summed E-state index contributed by atoms with van der Waals surface area (Å²) in [6, 6.07) is 14.4. The van der Waals surface area contributed by atoms with Crippen molar-refractivity contribution in [3.63, 3.8) is 0 Å². The molecule has 0 aliphatic carbocycles. The summed E-state index contributed by atoms with van der Waals surface area (Å²) in [4.78, 5) is 48.4. The van der Waals surface area contributed by atoms with E-state index < -0.39 is 57.4 Å². The Bertz CT molecular complexity index is 2400. The van der Waals surface area contributed by atoms with E-state index in [1.54, 1.807) is 17.0 Å². The molecule has 19 nitrogen and oxygen atoms in total. The normalized spacial score (nSPS) is 11.6. The Balaban J connectivity index is 1.77. The van der Waals surface area contributed by atoms with Crippen LogP contribution in [0.4, 0.5) is 28.6 Å². The van der Waals surface area contributed by atoms with E-state index in [2.05, 4.69) is 32.0 Å². The highest BCUT2D eigenvalue weighted by Crippen LogP contribution is 2.40. The van der Waals surface area contributed by atoms with Crippen LogP contribution in [0.25, 0.3) is 5.69 Å². The van der Waals surface area contributed by atoms with Gasteiger partial charge in [-0.1, -0.05) is 56.1 Å². The van der Waals surface area contributed by atoms with Gasteiger partial charge < -0.3 is 35.2 Å². The van der Waals surface area contributed by atoms with Crippen LogP contribution in [0, 0.1) is 11.3 Å². The number of nitriles is 1. The van der Waals surface area contributed by atoms with Crippen molar-refractivity contribution in [3.05, 3.63) is 81.5 Å². The molecule has 0 saturated heterocycles. The second-order valence-electron chi connectivity index (χ2n) is 13.5. The third kappa shape index (κ3) is 12.3. The first-order chi connectivity index (χ1) is 27.7. The van der Waals surface area contributed by atoms with Crippen molar-refractivity contribution < 1.29 is 51.8 Å². The van der Waals surface area contributed by atoms with Gasteiger partial charge in [0.2, 0.25) is 5.91 Å². The summed E-state index contributed by atoms with van der Waals surface area (Å²) in [5.41, 5.74) is 0.122. The molecule has 0 fully saturated rings. The predicted molar refractivity (Wildman–Crippen MR) is 215 cm³/mol. The maximum Gasteiger partial charge on any atom is 0.329 e. The average molecular weight is 874 g/mol. The van der Waals surface area contributed by atoms with Gasteiger partial charge in [0.25, 0.3) is 16.0 Å². The molecule has 0 unspecified atom stereocenters. The topological polar surface area (TPSA) is 275 Å². The molecule has 312 valence electrons. The Morgan fingerprint density at radius 1 is 0.932 bits per heavy atom. The molecule has 5 N–H and O–H groups in total. The third-order valence-electron chi connectivity index (χ3n) is 7.95. The van der Waals surface area contributed by atoms with Crippen molar-refractivity contribution >= 4 is 85.6 Å². The number of halogens is 2. The molecule has 1 aromatic heterocycles. The van der Waals surface area contributed by atoms with Crippen LogP contribution in [0.3, 0.4) is 0 Å². The number of aliphatic carboxylic acids is 2. The molecule has 3 aromatic carbocycles. The second kappa shape index (κ2) is 19.7. The molecule has 0 bridgehead atoms. The minimum Gasteiger partial charge on any atom is -0.480 e. The highest BCUT2D eigenvalue weighted by molar-refractivity contribution is 7.86. The first-order valence-corrected chi connectivity index (χ1v) is 19.5. The lowest BCUT2D eigenvalue weighted by atomic mass is 9.90. The summed E-state index contributed by atoms with van der Waals surface area (Å²) in [5.74, 6) is -3.79. The summed E-state index contributed by atoms with van der Waals surface area (Å²) in [6.07, 6.45) is 0. The Morgan fingerprint density at radius 3 is 2.05 bits per heavy atom. The summed E-state index contributed by atoms with van der Waals surface area (Å²) < 4.78 is 44.9. The monoisotopic (exact) mass is 872 g/mol. The van der Waals surface area contributed by atoms with Gasteiger partial charge in [0.1, 0.15) is 41.1 Å². The number of aromatic nitrogens is 2. The zero-order chi connectivity index (χ0) is 43.7. The van der Waals surface area contributed by atoms with Gasteiger partial charge in [-0.3, -0.25) is 14.1 Å². The lowest BCUT2D eigenvalue weighted by Gasteiger charge is -2.25. The quantitative estimate of drug-likeness (QED) is 0.0421. The Morgan fingerprint density at radius 2 is 1.53 bits per heavy atom. The third-order valence-corrected chi connectivity index (χ3v) is 9.44. The highest BCUT2D eigenvalue weighted by Gasteiger charge is 2.30. The maximum absolute atomic E-state index is 13.1. The first kappa shape index (κ1) is 45.7. The molecule has 0 saturated carbocycles. The number of carboxylic acids is 2. The number of carbonyl (C=O) groups excluding carboxylic acids is 2. The van der Waals surface area contributed by atoms with Gasteiger partial charge >= 0.3 is 11.9 Å². The highest BCUT2D eigenvalue weighted by atomic mass is 35.5. The second-order valence-corrected chi connectivity index (χ2v) is 15.7. The van der Waals surface area contributed by atoms with Gasteiger partial charge in [-0.05, 0) is 42.5 Å². The number of hydrogen-bond acceptors (Lipinski definition) is 13. The average Bonchev–Trinajstić information content (AvgIpc) is 3.51. The van der Waals surface area contributed by atoms with Crippen molar-refractivity contribution in [3.8, 4) is 11.8 Å². The molecular weight excluding hydrogens is 835 g/mol. The van der Waals surface area contributed by atoms with Crippen molar-refractivity contribution in [2.45, 2.75) is 38.0 Å². The molecule has 22 heteroatoms. The molecule has 0 aliphatic heterocycles. The van der Waals surface area contributed by atoms with E-state index in [0.717, 1.165) is 6.07 Å². The summed E-state index contributed by atoms with van der Waals surface area (Å²) >= 11 is 13.5. The van der Waals surface area contributed by atoms with Gasteiger partial charge in [-0.25, -0.2) is 14.3 Å². The molecule has 0 spiro atoms. The molecule has 0 atom stereocenters.